The first-order valence-electron chi connectivity index (χ1n) is 8.66. The Hall–Kier alpha value is -2.20. The van der Waals surface area contributed by atoms with Crippen LogP contribution in [0.4, 0.5) is 0 Å². The minimum atomic E-state index is -0.461. The molecule has 1 N–H and O–H groups in total. The van der Waals surface area contributed by atoms with Crippen LogP contribution in [0.2, 0.25) is 0 Å². The molecule has 1 heterocycles. The van der Waals surface area contributed by atoms with Crippen molar-refractivity contribution in [2.45, 2.75) is 33.1 Å². The monoisotopic (exact) mass is 340 g/mol. The van der Waals surface area contributed by atoms with Gasteiger partial charge >= 0.3 is 0 Å². The van der Waals surface area contributed by atoms with Gasteiger partial charge in [-0.15, -0.1) is 6.58 Å². The summed E-state index contributed by atoms with van der Waals surface area (Å²) in [6.07, 6.45) is 7.97. The van der Waals surface area contributed by atoms with Crippen molar-refractivity contribution in [2.24, 2.45) is 17.3 Å². The lowest BCUT2D eigenvalue weighted by molar-refractivity contribution is -0.0532. The lowest BCUT2D eigenvalue weighted by atomic mass is 9.61. The third-order valence-electron chi connectivity index (χ3n) is 5.48. The molecule has 0 saturated heterocycles. The van der Waals surface area contributed by atoms with E-state index in [0.29, 0.717) is 11.5 Å². The number of nitrogens with zero attached hydrogens (tertiary/aromatic N) is 2. The average molecular weight is 340 g/mol. The second-order valence-electron chi connectivity index (χ2n) is 7.34. The summed E-state index contributed by atoms with van der Waals surface area (Å²) in [5, 5.41) is 10.9. The molecular weight excluding hydrogens is 312 g/mol. The molecule has 0 aromatic carbocycles. The number of hydroxylamine groups is 2. The van der Waals surface area contributed by atoms with E-state index >= 15 is 0 Å². The number of hydrogen-bond acceptors (Lipinski definition) is 3. The maximum Gasteiger partial charge on any atom is 0.279 e. The molecule has 4 heteroatoms. The van der Waals surface area contributed by atoms with Gasteiger partial charge in [-0.05, 0) is 55.6 Å². The zero-order chi connectivity index (χ0) is 18.6. The molecule has 1 aromatic heterocycles. The second kappa shape index (κ2) is 7.79. The molecule has 1 fully saturated rings. The Labute approximate surface area is 150 Å². The van der Waals surface area contributed by atoms with E-state index in [2.05, 4.69) is 38.6 Å². The van der Waals surface area contributed by atoms with Gasteiger partial charge in [0.15, 0.2) is 0 Å². The maximum absolute atomic E-state index is 12.3. The lowest BCUT2D eigenvalue weighted by Crippen LogP contribution is -2.36. The number of hydrogen-bond donors (Lipinski definition) is 1. The van der Waals surface area contributed by atoms with Gasteiger partial charge in [-0.25, -0.2) is 5.06 Å². The van der Waals surface area contributed by atoms with E-state index in [1.54, 1.807) is 18.3 Å². The summed E-state index contributed by atoms with van der Waals surface area (Å²) in [5.74, 6) is 0.130. The third-order valence-corrected chi connectivity index (χ3v) is 5.48. The Kier molecular flexibility index (Phi) is 5.96. The fraction of sp³-hybridized carbons (Fsp3) is 0.429. The van der Waals surface area contributed by atoms with E-state index in [-0.39, 0.29) is 17.9 Å². The highest BCUT2D eigenvalue weighted by atomic mass is 16.5. The van der Waals surface area contributed by atoms with E-state index in [1.807, 2.05) is 6.08 Å². The summed E-state index contributed by atoms with van der Waals surface area (Å²) in [6, 6.07) is 3.30. The molecule has 0 radical (unpaired) electrons. The zero-order valence-corrected chi connectivity index (χ0v) is 15.2. The Morgan fingerprint density at radius 1 is 1.52 bits per heavy atom. The summed E-state index contributed by atoms with van der Waals surface area (Å²) in [7, 11) is 0. The Morgan fingerprint density at radius 3 is 2.80 bits per heavy atom. The van der Waals surface area contributed by atoms with Gasteiger partial charge in [0.2, 0.25) is 0 Å². The normalized spacial score (nSPS) is 25.9. The lowest BCUT2D eigenvalue weighted by Gasteiger charge is -2.44. The Balaban J connectivity index is 2.02. The quantitative estimate of drug-likeness (QED) is 0.466. The summed E-state index contributed by atoms with van der Waals surface area (Å²) < 4.78 is 0. The molecule has 3 atom stereocenters. The van der Waals surface area contributed by atoms with Crippen molar-refractivity contribution in [3.63, 3.8) is 0 Å². The number of carbonyl (C=O) groups excluding carboxylic acids is 1. The molecule has 2 rings (SSSR count). The van der Waals surface area contributed by atoms with Crippen molar-refractivity contribution in [1.82, 2.24) is 10.0 Å². The van der Waals surface area contributed by atoms with Crippen LogP contribution in [0, 0.1) is 17.3 Å². The number of rotatable bonds is 6. The van der Waals surface area contributed by atoms with Crippen molar-refractivity contribution in [3.05, 3.63) is 67.0 Å². The van der Waals surface area contributed by atoms with Crippen LogP contribution in [0.25, 0.3) is 0 Å². The first kappa shape index (κ1) is 19.1. The van der Waals surface area contributed by atoms with E-state index in [0.717, 1.165) is 35.5 Å². The summed E-state index contributed by atoms with van der Waals surface area (Å²) in [4.78, 5) is 16.2. The van der Waals surface area contributed by atoms with E-state index in [1.165, 1.54) is 6.20 Å². The Bertz CT molecular complexity index is 668. The fourth-order valence-corrected chi connectivity index (χ4v) is 3.74. The minimum Gasteiger partial charge on any atom is -0.285 e. The van der Waals surface area contributed by atoms with Crippen molar-refractivity contribution >= 4 is 5.91 Å². The van der Waals surface area contributed by atoms with Gasteiger partial charge in [0, 0.05) is 12.4 Å². The predicted octanol–water partition coefficient (Wildman–Crippen LogP) is 4.65. The summed E-state index contributed by atoms with van der Waals surface area (Å²) >= 11 is 0. The number of pyridine rings is 1. The molecule has 25 heavy (non-hydrogen) atoms. The van der Waals surface area contributed by atoms with Crippen LogP contribution in [-0.4, -0.2) is 27.7 Å². The standard InChI is InChI=1S/C21H28N2O2/c1-6-21(5)10-9-17(12-19(21)15(2)3)16(4)14-23(25)20(24)18-8-7-11-22-13-18/h6-8,11,13,17,19,25H,1-2,4,9-10,12,14H2,3,5H3/t17-,19+,21-/m1/s1. The highest BCUT2D eigenvalue weighted by molar-refractivity contribution is 5.93. The van der Waals surface area contributed by atoms with Crippen LogP contribution in [0.15, 0.2) is 61.5 Å². The molecule has 0 unspecified atom stereocenters. The molecule has 1 aliphatic rings. The van der Waals surface area contributed by atoms with Crippen LogP contribution in [-0.2, 0) is 0 Å². The third kappa shape index (κ3) is 4.26. The SMILES string of the molecule is C=C[C@]1(C)CC[C@@H](C(=C)CN(O)C(=O)c2cccnc2)C[C@H]1C(=C)C. The summed E-state index contributed by atoms with van der Waals surface area (Å²) in [6.45, 7) is 16.7. The molecule has 0 spiro atoms. The van der Waals surface area contributed by atoms with Crippen molar-refractivity contribution < 1.29 is 10.0 Å². The van der Waals surface area contributed by atoms with Gasteiger partial charge in [-0.1, -0.05) is 37.3 Å². The fourth-order valence-electron chi connectivity index (χ4n) is 3.74. The molecule has 1 saturated carbocycles. The first-order valence-corrected chi connectivity index (χ1v) is 8.66. The molecule has 4 nitrogen and oxygen atoms in total. The van der Waals surface area contributed by atoms with E-state index in [4.69, 9.17) is 0 Å². The molecular formula is C21H28N2O2. The summed E-state index contributed by atoms with van der Waals surface area (Å²) in [5.41, 5.74) is 2.43. The second-order valence-corrected chi connectivity index (χ2v) is 7.34. The largest absolute Gasteiger partial charge is 0.285 e. The van der Waals surface area contributed by atoms with Gasteiger partial charge in [0.1, 0.15) is 0 Å². The van der Waals surface area contributed by atoms with E-state index in [9.17, 15) is 10.0 Å². The molecule has 134 valence electrons. The van der Waals surface area contributed by atoms with Crippen LogP contribution in [0.5, 0.6) is 0 Å². The number of amides is 1. The number of carbonyl (C=O) groups is 1. The molecule has 1 amide bonds. The number of allylic oxidation sites excluding steroid dienone is 2. The minimum absolute atomic E-state index is 0.0487. The highest BCUT2D eigenvalue weighted by Crippen LogP contribution is 2.48. The van der Waals surface area contributed by atoms with Gasteiger partial charge in [0.25, 0.3) is 5.91 Å². The molecule has 0 aliphatic heterocycles. The van der Waals surface area contributed by atoms with Crippen LogP contribution < -0.4 is 0 Å². The van der Waals surface area contributed by atoms with Gasteiger partial charge in [-0.2, -0.15) is 0 Å². The molecule has 0 bridgehead atoms. The van der Waals surface area contributed by atoms with Crippen molar-refractivity contribution in [1.29, 1.82) is 0 Å². The molecule has 1 aromatic rings. The van der Waals surface area contributed by atoms with Gasteiger partial charge in [-0.3, -0.25) is 15.0 Å². The Morgan fingerprint density at radius 2 is 2.24 bits per heavy atom. The number of aromatic nitrogens is 1. The van der Waals surface area contributed by atoms with Gasteiger partial charge < -0.3 is 0 Å². The molecule has 1 aliphatic carbocycles. The topological polar surface area (TPSA) is 53.4 Å². The predicted molar refractivity (Wildman–Crippen MR) is 100 cm³/mol. The first-order chi connectivity index (χ1) is 11.8. The maximum atomic E-state index is 12.3. The van der Waals surface area contributed by atoms with E-state index < -0.39 is 5.91 Å². The van der Waals surface area contributed by atoms with Crippen LogP contribution in [0.3, 0.4) is 0 Å². The smallest absolute Gasteiger partial charge is 0.279 e. The zero-order valence-electron chi connectivity index (χ0n) is 15.2. The van der Waals surface area contributed by atoms with Gasteiger partial charge in [0.05, 0.1) is 12.1 Å². The van der Waals surface area contributed by atoms with Crippen LogP contribution >= 0.6 is 0 Å². The van der Waals surface area contributed by atoms with Crippen molar-refractivity contribution in [3.8, 4) is 0 Å². The average Bonchev–Trinajstić information content (AvgIpc) is 2.61. The van der Waals surface area contributed by atoms with Crippen LogP contribution in [0.1, 0.15) is 43.5 Å². The van der Waals surface area contributed by atoms with Crippen molar-refractivity contribution in [2.75, 3.05) is 6.54 Å². The highest BCUT2D eigenvalue weighted by Gasteiger charge is 2.39.